The van der Waals surface area contributed by atoms with E-state index in [2.05, 4.69) is 10.9 Å². The highest BCUT2D eigenvalue weighted by Crippen LogP contribution is 2.30. The monoisotopic (exact) mass is 384 g/mol. The standard InChI is InChI=1S/C20H20N2O6/c1-12-7-8-14(9-13(12)2)20(25)27-11-18(23)21-22-19(24)17-10-26-15-5-3-4-6-16(15)28-17/h3-9,17H,10-11H2,1-2H3,(H,21,23)(H,22,24)/t17-/m0/s1. The number of carbonyl (C=O) groups is 3. The number of fused-ring (bicyclic) bond motifs is 1. The number of hydrogen-bond acceptors (Lipinski definition) is 6. The van der Waals surface area contributed by atoms with Crippen molar-refractivity contribution in [3.63, 3.8) is 0 Å². The van der Waals surface area contributed by atoms with Gasteiger partial charge in [-0.1, -0.05) is 18.2 Å². The largest absolute Gasteiger partial charge is 0.485 e. The Hall–Kier alpha value is -3.55. The van der Waals surface area contributed by atoms with Crippen LogP contribution in [0.4, 0.5) is 0 Å². The van der Waals surface area contributed by atoms with Crippen LogP contribution in [0, 0.1) is 13.8 Å². The fraction of sp³-hybridized carbons (Fsp3) is 0.250. The molecule has 1 aliphatic rings. The summed E-state index contributed by atoms with van der Waals surface area (Å²) in [7, 11) is 0. The molecule has 0 radical (unpaired) electrons. The van der Waals surface area contributed by atoms with Crippen molar-refractivity contribution in [2.75, 3.05) is 13.2 Å². The van der Waals surface area contributed by atoms with Crippen molar-refractivity contribution in [3.8, 4) is 11.5 Å². The van der Waals surface area contributed by atoms with Gasteiger partial charge in [0, 0.05) is 0 Å². The van der Waals surface area contributed by atoms with Gasteiger partial charge in [-0.3, -0.25) is 20.4 Å². The van der Waals surface area contributed by atoms with Gasteiger partial charge < -0.3 is 14.2 Å². The number of hydrogen-bond donors (Lipinski definition) is 2. The Morgan fingerprint density at radius 3 is 2.54 bits per heavy atom. The molecule has 8 heteroatoms. The fourth-order valence-corrected chi connectivity index (χ4v) is 2.48. The molecule has 0 fully saturated rings. The van der Waals surface area contributed by atoms with Crippen LogP contribution in [-0.4, -0.2) is 37.1 Å². The zero-order chi connectivity index (χ0) is 20.1. The molecule has 146 valence electrons. The van der Waals surface area contributed by atoms with Crippen molar-refractivity contribution < 1.29 is 28.6 Å². The number of benzene rings is 2. The van der Waals surface area contributed by atoms with Crippen LogP contribution in [0.25, 0.3) is 0 Å². The van der Waals surface area contributed by atoms with Crippen LogP contribution in [-0.2, 0) is 14.3 Å². The summed E-state index contributed by atoms with van der Waals surface area (Å²) in [6, 6.07) is 12.1. The summed E-state index contributed by atoms with van der Waals surface area (Å²) >= 11 is 0. The summed E-state index contributed by atoms with van der Waals surface area (Å²) in [5.41, 5.74) is 6.76. The fourth-order valence-electron chi connectivity index (χ4n) is 2.48. The zero-order valence-electron chi connectivity index (χ0n) is 15.5. The minimum atomic E-state index is -0.909. The molecule has 0 aromatic heterocycles. The second kappa shape index (κ2) is 8.43. The van der Waals surface area contributed by atoms with Crippen LogP contribution in [0.3, 0.4) is 0 Å². The highest BCUT2D eigenvalue weighted by molar-refractivity contribution is 5.92. The van der Waals surface area contributed by atoms with Gasteiger partial charge in [0.05, 0.1) is 5.56 Å². The highest BCUT2D eigenvalue weighted by atomic mass is 16.6. The Bertz CT molecular complexity index is 911. The van der Waals surface area contributed by atoms with Gasteiger partial charge in [-0.15, -0.1) is 0 Å². The predicted octanol–water partition coefficient (Wildman–Crippen LogP) is 1.45. The van der Waals surface area contributed by atoms with Gasteiger partial charge >= 0.3 is 5.97 Å². The molecule has 1 atom stereocenters. The average molecular weight is 384 g/mol. The van der Waals surface area contributed by atoms with E-state index in [1.165, 1.54) is 0 Å². The molecule has 2 aromatic carbocycles. The number of esters is 1. The first kappa shape index (κ1) is 19.2. The molecule has 8 nitrogen and oxygen atoms in total. The smallest absolute Gasteiger partial charge is 0.338 e. The van der Waals surface area contributed by atoms with E-state index in [0.29, 0.717) is 17.1 Å². The Morgan fingerprint density at radius 1 is 1.04 bits per heavy atom. The topological polar surface area (TPSA) is 103 Å². The zero-order valence-corrected chi connectivity index (χ0v) is 15.5. The van der Waals surface area contributed by atoms with Gasteiger partial charge in [0.2, 0.25) is 6.10 Å². The first-order valence-electron chi connectivity index (χ1n) is 8.65. The lowest BCUT2D eigenvalue weighted by molar-refractivity contribution is -0.135. The third-order valence-corrected chi connectivity index (χ3v) is 4.20. The van der Waals surface area contributed by atoms with Crippen LogP contribution in [0.2, 0.25) is 0 Å². The van der Waals surface area contributed by atoms with E-state index in [1.54, 1.807) is 42.5 Å². The molecule has 1 heterocycles. The van der Waals surface area contributed by atoms with E-state index < -0.39 is 30.5 Å². The summed E-state index contributed by atoms with van der Waals surface area (Å²) in [5, 5.41) is 0. The highest BCUT2D eigenvalue weighted by Gasteiger charge is 2.27. The molecule has 2 N–H and O–H groups in total. The molecule has 3 rings (SSSR count). The van der Waals surface area contributed by atoms with Gasteiger partial charge in [0.25, 0.3) is 11.8 Å². The Kier molecular flexibility index (Phi) is 5.78. The quantitative estimate of drug-likeness (QED) is 0.611. The van der Waals surface area contributed by atoms with Gasteiger partial charge in [-0.05, 0) is 49.2 Å². The summed E-state index contributed by atoms with van der Waals surface area (Å²) in [4.78, 5) is 35.9. The lowest BCUT2D eigenvalue weighted by atomic mass is 10.1. The Labute approximate surface area is 161 Å². The first-order valence-corrected chi connectivity index (χ1v) is 8.65. The summed E-state index contributed by atoms with van der Waals surface area (Å²) in [5.74, 6) is -0.882. The van der Waals surface area contributed by atoms with Crippen LogP contribution in [0.1, 0.15) is 21.5 Å². The number of para-hydroxylation sites is 2. The third-order valence-electron chi connectivity index (χ3n) is 4.20. The van der Waals surface area contributed by atoms with Gasteiger partial charge in [0.15, 0.2) is 18.1 Å². The number of nitrogens with one attached hydrogen (secondary N) is 2. The minimum absolute atomic E-state index is 0.0144. The molecular weight excluding hydrogens is 364 g/mol. The maximum Gasteiger partial charge on any atom is 0.338 e. The Morgan fingerprint density at radius 2 is 1.79 bits per heavy atom. The molecule has 28 heavy (non-hydrogen) atoms. The molecule has 0 saturated heterocycles. The predicted molar refractivity (Wildman–Crippen MR) is 98.8 cm³/mol. The van der Waals surface area contributed by atoms with Crippen LogP contribution in [0.15, 0.2) is 42.5 Å². The second-order valence-electron chi connectivity index (χ2n) is 6.28. The van der Waals surface area contributed by atoms with E-state index in [-0.39, 0.29) is 6.61 Å². The molecule has 2 aromatic rings. The number of carbonyl (C=O) groups excluding carboxylic acids is 3. The van der Waals surface area contributed by atoms with Crippen molar-refractivity contribution in [1.29, 1.82) is 0 Å². The van der Waals surface area contributed by atoms with Crippen molar-refractivity contribution in [1.82, 2.24) is 10.9 Å². The molecule has 0 aliphatic carbocycles. The van der Waals surface area contributed by atoms with Crippen LogP contribution in [0.5, 0.6) is 11.5 Å². The molecule has 0 unspecified atom stereocenters. The first-order chi connectivity index (χ1) is 13.4. The van der Waals surface area contributed by atoms with Gasteiger partial charge in [-0.2, -0.15) is 0 Å². The molecule has 2 amide bonds. The van der Waals surface area contributed by atoms with Crippen molar-refractivity contribution in [2.45, 2.75) is 20.0 Å². The minimum Gasteiger partial charge on any atom is -0.485 e. The molecular formula is C20H20N2O6. The third kappa shape index (κ3) is 4.59. The van der Waals surface area contributed by atoms with Gasteiger partial charge in [0.1, 0.15) is 6.61 Å². The van der Waals surface area contributed by atoms with Crippen molar-refractivity contribution in [3.05, 3.63) is 59.2 Å². The number of amides is 2. The number of hydrazine groups is 1. The maximum absolute atomic E-state index is 12.1. The van der Waals surface area contributed by atoms with E-state index >= 15 is 0 Å². The van der Waals surface area contributed by atoms with Crippen LogP contribution >= 0.6 is 0 Å². The Balaban J connectivity index is 1.43. The van der Waals surface area contributed by atoms with Crippen molar-refractivity contribution in [2.24, 2.45) is 0 Å². The average Bonchev–Trinajstić information content (AvgIpc) is 2.71. The molecule has 0 saturated carbocycles. The van der Waals surface area contributed by atoms with E-state index in [4.69, 9.17) is 14.2 Å². The molecule has 1 aliphatic heterocycles. The second-order valence-corrected chi connectivity index (χ2v) is 6.28. The summed E-state index contributed by atoms with van der Waals surface area (Å²) in [6.07, 6.45) is -0.909. The SMILES string of the molecule is Cc1ccc(C(=O)OCC(=O)NNC(=O)[C@@H]2COc3ccccc3O2)cc1C. The number of aryl methyl sites for hydroxylation is 2. The maximum atomic E-state index is 12.1. The van der Waals surface area contributed by atoms with E-state index in [0.717, 1.165) is 11.1 Å². The normalized spacial score (nSPS) is 14.7. The van der Waals surface area contributed by atoms with Gasteiger partial charge in [-0.25, -0.2) is 4.79 Å². The molecule has 0 spiro atoms. The lowest BCUT2D eigenvalue weighted by Gasteiger charge is -2.25. The van der Waals surface area contributed by atoms with Crippen LogP contribution < -0.4 is 20.3 Å². The summed E-state index contributed by atoms with van der Waals surface area (Å²) < 4.78 is 15.9. The molecule has 0 bridgehead atoms. The number of ether oxygens (including phenoxy) is 3. The lowest BCUT2D eigenvalue weighted by Crippen LogP contribution is -2.51. The van der Waals surface area contributed by atoms with E-state index in [9.17, 15) is 14.4 Å². The summed E-state index contributed by atoms with van der Waals surface area (Å²) in [6.45, 7) is 3.29. The number of rotatable bonds is 4. The van der Waals surface area contributed by atoms with E-state index in [1.807, 2.05) is 13.8 Å². The van der Waals surface area contributed by atoms with Crippen molar-refractivity contribution >= 4 is 17.8 Å².